The summed E-state index contributed by atoms with van der Waals surface area (Å²) in [6.45, 7) is 0. The van der Waals surface area contributed by atoms with Crippen LogP contribution in [-0.4, -0.2) is 20.1 Å². The number of nitrogens with zero attached hydrogens (tertiary/aromatic N) is 1. The number of furan rings is 1. The van der Waals surface area contributed by atoms with Crippen LogP contribution in [0.3, 0.4) is 0 Å². The number of anilines is 2. The number of ether oxygens (including phenoxy) is 2. The number of hydrogen-bond donors (Lipinski definition) is 2. The third kappa shape index (κ3) is 2.65. The molecule has 26 heavy (non-hydrogen) atoms. The van der Waals surface area contributed by atoms with E-state index in [1.165, 1.54) is 0 Å². The van der Waals surface area contributed by atoms with E-state index in [-0.39, 0.29) is 6.17 Å². The molecule has 0 amide bonds. The number of methoxy groups -OCH3 is 2. The van der Waals surface area contributed by atoms with Crippen molar-refractivity contribution < 1.29 is 13.9 Å². The van der Waals surface area contributed by atoms with Gasteiger partial charge in [-0.25, -0.2) is 0 Å². The van der Waals surface area contributed by atoms with Crippen molar-refractivity contribution in [3.8, 4) is 11.5 Å². The smallest absolute Gasteiger partial charge is 0.205 e. The Kier molecular flexibility index (Phi) is 4.01. The molecule has 1 atom stereocenters. The lowest BCUT2D eigenvalue weighted by atomic mass is 10.1. The molecule has 4 rings (SSSR count). The van der Waals surface area contributed by atoms with E-state index in [0.717, 1.165) is 28.3 Å². The number of fused-ring (bicyclic) bond motifs is 1. The van der Waals surface area contributed by atoms with Crippen LogP contribution in [0.2, 0.25) is 0 Å². The molecule has 1 unspecified atom stereocenters. The van der Waals surface area contributed by atoms with Gasteiger partial charge >= 0.3 is 0 Å². The zero-order chi connectivity index (χ0) is 18.1. The van der Waals surface area contributed by atoms with Crippen LogP contribution < -0.4 is 19.7 Å². The molecule has 1 aliphatic rings. The van der Waals surface area contributed by atoms with Crippen LogP contribution in [0.5, 0.6) is 11.5 Å². The summed E-state index contributed by atoms with van der Waals surface area (Å²) in [5.74, 6) is 2.53. The lowest BCUT2D eigenvalue weighted by molar-refractivity contribution is 0.414. The fourth-order valence-corrected chi connectivity index (χ4v) is 3.09. The molecule has 132 valence electrons. The highest BCUT2D eigenvalue weighted by Gasteiger charge is 2.33. The van der Waals surface area contributed by atoms with E-state index in [1.54, 1.807) is 26.5 Å². The fraction of sp³-hybridized carbons (Fsp3) is 0.150. The van der Waals surface area contributed by atoms with Gasteiger partial charge in [0, 0.05) is 5.69 Å². The molecular formula is C20H19N3O3. The Morgan fingerprint density at radius 2 is 1.54 bits per heavy atom. The lowest BCUT2D eigenvalue weighted by Gasteiger charge is -2.38. The van der Waals surface area contributed by atoms with Gasteiger partial charge in [0.2, 0.25) is 5.88 Å². The van der Waals surface area contributed by atoms with Gasteiger partial charge in [0.25, 0.3) is 0 Å². The maximum atomic E-state index is 8.71. The molecular weight excluding hydrogens is 330 g/mol. The van der Waals surface area contributed by atoms with Crippen molar-refractivity contribution >= 4 is 17.4 Å². The van der Waals surface area contributed by atoms with Gasteiger partial charge in [-0.05, 0) is 48.0 Å². The van der Waals surface area contributed by atoms with Gasteiger partial charge in [-0.2, -0.15) is 0 Å². The topological polar surface area (TPSA) is 70.7 Å². The van der Waals surface area contributed by atoms with E-state index in [0.29, 0.717) is 11.7 Å². The Bertz CT molecular complexity index is 916. The Hall–Kier alpha value is -3.41. The maximum absolute atomic E-state index is 8.71. The molecule has 1 aromatic heterocycles. The molecule has 0 radical (unpaired) electrons. The zero-order valence-corrected chi connectivity index (χ0v) is 14.5. The largest absolute Gasteiger partial charge is 0.497 e. The zero-order valence-electron chi connectivity index (χ0n) is 14.5. The van der Waals surface area contributed by atoms with E-state index >= 15 is 0 Å². The number of rotatable bonds is 4. The fourth-order valence-electron chi connectivity index (χ4n) is 3.09. The van der Waals surface area contributed by atoms with Crippen LogP contribution in [0.15, 0.2) is 65.3 Å². The third-order valence-electron chi connectivity index (χ3n) is 4.47. The average Bonchev–Trinajstić information content (AvgIpc) is 3.17. The Morgan fingerprint density at radius 1 is 0.923 bits per heavy atom. The number of hydrogen-bond acceptors (Lipinski definition) is 5. The summed E-state index contributed by atoms with van der Waals surface area (Å²) in [5, 5.41) is 12.1. The standard InChI is InChI=1S/C20H19N3O3/c1-24-15-7-3-13(4-8-15)19-22-20-17(11-12-26-20)18(21)23(19)14-5-9-16(25-2)10-6-14/h3-12,19,21-22H,1-2H3. The van der Waals surface area contributed by atoms with E-state index in [4.69, 9.17) is 19.3 Å². The second kappa shape index (κ2) is 6.48. The summed E-state index contributed by atoms with van der Waals surface area (Å²) in [4.78, 5) is 1.93. The summed E-state index contributed by atoms with van der Waals surface area (Å²) in [6, 6.07) is 17.2. The van der Waals surface area contributed by atoms with Crippen LogP contribution in [-0.2, 0) is 0 Å². The third-order valence-corrected chi connectivity index (χ3v) is 4.47. The SMILES string of the molecule is COc1ccc(C2Nc3occc3C(=N)N2c2ccc(OC)cc2)cc1. The van der Waals surface area contributed by atoms with Crippen molar-refractivity contribution in [3.63, 3.8) is 0 Å². The van der Waals surface area contributed by atoms with Crippen molar-refractivity contribution in [2.24, 2.45) is 0 Å². The molecule has 0 aliphatic carbocycles. The van der Waals surface area contributed by atoms with Crippen molar-refractivity contribution in [1.29, 1.82) is 5.41 Å². The molecule has 1 aliphatic heterocycles. The molecule has 0 bridgehead atoms. The molecule has 0 spiro atoms. The molecule has 6 nitrogen and oxygen atoms in total. The van der Waals surface area contributed by atoms with Crippen LogP contribution in [0.4, 0.5) is 11.6 Å². The highest BCUT2D eigenvalue weighted by atomic mass is 16.5. The van der Waals surface area contributed by atoms with Gasteiger partial charge in [0.05, 0.1) is 26.0 Å². The van der Waals surface area contributed by atoms with Crippen LogP contribution >= 0.6 is 0 Å². The highest BCUT2D eigenvalue weighted by Crippen LogP contribution is 2.37. The Morgan fingerprint density at radius 3 is 2.15 bits per heavy atom. The van der Waals surface area contributed by atoms with Crippen molar-refractivity contribution in [3.05, 3.63) is 72.0 Å². The van der Waals surface area contributed by atoms with Crippen molar-refractivity contribution in [2.75, 3.05) is 24.4 Å². The Balaban J connectivity index is 1.78. The van der Waals surface area contributed by atoms with Gasteiger partial charge in [0.1, 0.15) is 23.5 Å². The second-order valence-corrected chi connectivity index (χ2v) is 5.90. The molecule has 0 saturated heterocycles. The Labute approximate surface area is 151 Å². The van der Waals surface area contributed by atoms with Crippen LogP contribution in [0.1, 0.15) is 17.3 Å². The van der Waals surface area contributed by atoms with Crippen LogP contribution in [0.25, 0.3) is 0 Å². The van der Waals surface area contributed by atoms with Gasteiger partial charge < -0.3 is 24.1 Å². The first kappa shape index (κ1) is 16.1. The van der Waals surface area contributed by atoms with E-state index in [2.05, 4.69) is 5.32 Å². The summed E-state index contributed by atoms with van der Waals surface area (Å²) in [6.07, 6.45) is 1.31. The normalized spacial score (nSPS) is 16.0. The number of amidine groups is 1. The summed E-state index contributed by atoms with van der Waals surface area (Å²) in [5.41, 5.74) is 2.61. The van der Waals surface area contributed by atoms with Gasteiger partial charge in [-0.1, -0.05) is 12.1 Å². The summed E-state index contributed by atoms with van der Waals surface area (Å²) in [7, 11) is 3.28. The number of nitrogens with one attached hydrogen (secondary N) is 2. The van der Waals surface area contributed by atoms with Crippen molar-refractivity contribution in [1.82, 2.24) is 0 Å². The molecule has 2 heterocycles. The average molecular weight is 349 g/mol. The first-order valence-corrected chi connectivity index (χ1v) is 8.21. The first-order chi connectivity index (χ1) is 12.7. The minimum atomic E-state index is -0.277. The molecule has 2 N–H and O–H groups in total. The van der Waals surface area contributed by atoms with Gasteiger partial charge in [-0.15, -0.1) is 0 Å². The monoisotopic (exact) mass is 349 g/mol. The van der Waals surface area contributed by atoms with E-state index in [1.807, 2.05) is 53.4 Å². The molecule has 2 aromatic carbocycles. The second-order valence-electron chi connectivity index (χ2n) is 5.90. The minimum Gasteiger partial charge on any atom is -0.497 e. The highest BCUT2D eigenvalue weighted by molar-refractivity contribution is 6.12. The molecule has 0 saturated carbocycles. The number of benzene rings is 2. The van der Waals surface area contributed by atoms with Crippen LogP contribution in [0, 0.1) is 5.41 Å². The molecule has 0 fully saturated rings. The molecule has 3 aromatic rings. The summed E-state index contributed by atoms with van der Waals surface area (Å²) >= 11 is 0. The maximum Gasteiger partial charge on any atom is 0.205 e. The lowest BCUT2D eigenvalue weighted by Crippen LogP contribution is -2.42. The minimum absolute atomic E-state index is 0.277. The van der Waals surface area contributed by atoms with E-state index in [9.17, 15) is 0 Å². The van der Waals surface area contributed by atoms with Crippen molar-refractivity contribution in [2.45, 2.75) is 6.17 Å². The summed E-state index contributed by atoms with van der Waals surface area (Å²) < 4.78 is 16.0. The predicted molar refractivity (Wildman–Crippen MR) is 100 cm³/mol. The van der Waals surface area contributed by atoms with Gasteiger partial charge in [-0.3, -0.25) is 5.41 Å². The quantitative estimate of drug-likeness (QED) is 0.737. The first-order valence-electron chi connectivity index (χ1n) is 8.21. The van der Waals surface area contributed by atoms with E-state index < -0.39 is 0 Å². The predicted octanol–water partition coefficient (Wildman–Crippen LogP) is 4.25. The molecule has 6 heteroatoms. The van der Waals surface area contributed by atoms with Gasteiger partial charge in [0.15, 0.2) is 0 Å².